The summed E-state index contributed by atoms with van der Waals surface area (Å²) in [6.07, 6.45) is 0. The molecule has 0 aliphatic carbocycles. The third-order valence-electron chi connectivity index (χ3n) is 1.01. The maximum atomic E-state index is 3.55. The molecule has 0 amide bonds. The Morgan fingerprint density at radius 3 is 2.00 bits per heavy atom. The minimum atomic E-state index is -2.36. The summed E-state index contributed by atoms with van der Waals surface area (Å²) in [6.45, 7) is 0. The third-order valence-corrected chi connectivity index (χ3v) is 6.66. The van der Waals surface area contributed by atoms with E-state index in [9.17, 15) is 0 Å². The van der Waals surface area contributed by atoms with E-state index in [2.05, 4.69) is 44.1 Å². The second-order valence-electron chi connectivity index (χ2n) is 1.87. The van der Waals surface area contributed by atoms with Gasteiger partial charge in [0.15, 0.2) is 0 Å². The molecule has 0 saturated heterocycles. The zero-order valence-electron chi connectivity index (χ0n) is 5.43. The van der Waals surface area contributed by atoms with Crippen molar-refractivity contribution in [3.63, 3.8) is 0 Å². The summed E-state index contributed by atoms with van der Waals surface area (Å²) < 4.78 is 3.34. The van der Waals surface area contributed by atoms with Crippen LogP contribution < -0.4 is 0 Å². The van der Waals surface area contributed by atoms with E-state index in [0.717, 1.165) is 5.56 Å². The third kappa shape index (κ3) is 4.65. The quantitative estimate of drug-likeness (QED) is 0.492. The van der Waals surface area contributed by atoms with Gasteiger partial charge in [-0.05, 0) is 0 Å². The molecule has 60 valence electrons. The van der Waals surface area contributed by atoms with Crippen LogP contribution in [-0.4, -0.2) is 0 Å². The molecule has 0 radical (unpaired) electrons. The summed E-state index contributed by atoms with van der Waals surface area (Å²) in [7, 11) is -2.36. The Morgan fingerprint density at radius 1 is 1.00 bits per heavy atom. The van der Waals surface area contributed by atoms with Crippen molar-refractivity contribution in [2.75, 3.05) is 0 Å². The van der Waals surface area contributed by atoms with Gasteiger partial charge in [-0.15, -0.1) is 0 Å². The molecule has 11 heavy (non-hydrogen) atoms. The number of hydrogen-bond donors (Lipinski definition) is 0. The topological polar surface area (TPSA) is 0 Å². The Balaban J connectivity index is 3.11. The molecule has 0 fully saturated rings. The van der Waals surface area contributed by atoms with Crippen molar-refractivity contribution in [3.8, 4) is 4.20 Å². The van der Waals surface area contributed by atoms with Crippen LogP contribution in [0.3, 0.4) is 0 Å². The van der Waals surface area contributed by atoms with Crippen molar-refractivity contribution in [2.45, 2.75) is 0 Å². The molecule has 1 aromatic carbocycles. The fourth-order valence-corrected chi connectivity index (χ4v) is 6.68. The van der Waals surface area contributed by atoms with E-state index in [4.69, 9.17) is 0 Å². The zero-order valence-corrected chi connectivity index (χ0v) is 13.1. The minimum absolute atomic E-state index is 1.13. The molecule has 0 spiro atoms. The number of halogens is 3. The van der Waals surface area contributed by atoms with E-state index in [1.807, 2.05) is 30.3 Å². The van der Waals surface area contributed by atoms with Gasteiger partial charge in [0, 0.05) is 0 Å². The van der Waals surface area contributed by atoms with E-state index in [0.29, 0.717) is 0 Å². The Morgan fingerprint density at radius 2 is 1.55 bits per heavy atom. The molecule has 0 unspecified atom stereocenters. The Hall–Kier alpha value is 1.13. The molecule has 0 atom stereocenters. The Bertz CT molecular complexity index is 324. The van der Waals surface area contributed by atoms with Crippen LogP contribution in [0.5, 0.6) is 0 Å². The van der Waals surface area contributed by atoms with Crippen molar-refractivity contribution < 1.29 is 9.23 Å². The van der Waals surface area contributed by atoms with Gasteiger partial charge in [-0.3, -0.25) is 0 Å². The van der Waals surface area contributed by atoms with Crippen LogP contribution >= 0.6 is 39.9 Å². The maximum absolute atomic E-state index is 3.55. The normalized spacial score (nSPS) is 10.8. The van der Waals surface area contributed by atoms with Crippen molar-refractivity contribution in [3.05, 3.63) is 35.9 Å². The molecular weight excluding hydrogens is 508 g/mol. The van der Waals surface area contributed by atoms with E-state index >= 15 is 0 Å². The van der Waals surface area contributed by atoms with Gasteiger partial charge >= 0.3 is 89.2 Å². The predicted octanol–water partition coefficient (Wildman–Crippen LogP) is 4.08. The van der Waals surface area contributed by atoms with Crippen LogP contribution in [0, 0.1) is 4.20 Å². The molecule has 1 aromatic rings. The summed E-state index contributed by atoms with van der Waals surface area (Å²) in [4.78, 5) is 0. The average Bonchev–Trinajstić information content (AvgIpc) is 1.85. The summed E-state index contributed by atoms with van der Waals surface area (Å²) >= 11 is 10.6. The van der Waals surface area contributed by atoms with Gasteiger partial charge in [0.05, 0.1) is 0 Å². The van der Waals surface area contributed by atoms with Gasteiger partial charge in [0.2, 0.25) is 0 Å². The van der Waals surface area contributed by atoms with Crippen LogP contribution in [-0.2, 0) is 9.23 Å². The molecule has 0 nitrogen and oxygen atoms in total. The van der Waals surface area contributed by atoms with Crippen LogP contribution in [0.2, 0.25) is 0 Å². The van der Waals surface area contributed by atoms with E-state index in [-0.39, 0.29) is 0 Å². The molecule has 0 aromatic heterocycles. The van der Waals surface area contributed by atoms with Crippen LogP contribution in [0.15, 0.2) is 30.3 Å². The molecule has 0 saturated carbocycles. The molecule has 4 heteroatoms. The van der Waals surface area contributed by atoms with Crippen LogP contribution in [0.25, 0.3) is 0 Å². The first-order chi connectivity index (χ1) is 5.08. The molecule has 1 rings (SSSR count). The van der Waals surface area contributed by atoms with Gasteiger partial charge in [0.1, 0.15) is 0 Å². The van der Waals surface area contributed by atoms with Crippen molar-refractivity contribution in [1.82, 2.24) is 0 Å². The average molecular weight is 513 g/mol. The Labute approximate surface area is 88.1 Å². The molecule has 0 bridgehead atoms. The van der Waals surface area contributed by atoms with Gasteiger partial charge in [0.25, 0.3) is 0 Å². The molecule has 0 aliphatic rings. The fourth-order valence-electron chi connectivity index (χ4n) is 0.640. The molecule has 0 N–H and O–H groups in total. The first kappa shape index (κ1) is 10.2. The SMILES string of the molecule is [Br][W]([Br])([Br])#[C]c1ccccc1. The number of rotatable bonds is 0. The molecule has 0 heterocycles. The van der Waals surface area contributed by atoms with Crippen molar-refractivity contribution >= 4 is 39.9 Å². The van der Waals surface area contributed by atoms with E-state index < -0.39 is 9.23 Å². The predicted molar refractivity (Wildman–Crippen MR) is 56.2 cm³/mol. The van der Waals surface area contributed by atoms with Gasteiger partial charge in [-0.2, -0.15) is 0 Å². The van der Waals surface area contributed by atoms with Crippen molar-refractivity contribution in [1.29, 1.82) is 0 Å². The van der Waals surface area contributed by atoms with Gasteiger partial charge < -0.3 is 0 Å². The summed E-state index contributed by atoms with van der Waals surface area (Å²) in [5.41, 5.74) is 1.13. The molecular formula is C7H5Br3W. The first-order valence-corrected chi connectivity index (χ1v) is 23.5. The van der Waals surface area contributed by atoms with Crippen molar-refractivity contribution in [2.24, 2.45) is 0 Å². The molecule has 0 aliphatic heterocycles. The second kappa shape index (κ2) is 4.39. The Kier molecular flexibility index (Phi) is 4.07. The van der Waals surface area contributed by atoms with Gasteiger partial charge in [-0.1, -0.05) is 0 Å². The van der Waals surface area contributed by atoms with Gasteiger partial charge in [-0.25, -0.2) is 0 Å². The van der Waals surface area contributed by atoms with E-state index in [1.54, 1.807) is 0 Å². The fraction of sp³-hybridized carbons (Fsp3) is 0. The summed E-state index contributed by atoms with van der Waals surface area (Å²) in [5.74, 6) is 0. The summed E-state index contributed by atoms with van der Waals surface area (Å²) in [5, 5.41) is 0. The van der Waals surface area contributed by atoms with Crippen LogP contribution in [0.4, 0.5) is 0 Å². The number of benzene rings is 1. The number of hydrogen-bond acceptors (Lipinski definition) is 0. The zero-order chi connectivity index (χ0) is 8.32. The van der Waals surface area contributed by atoms with Crippen LogP contribution in [0.1, 0.15) is 5.56 Å². The van der Waals surface area contributed by atoms with E-state index in [1.165, 1.54) is 0 Å². The standard InChI is InChI=1S/C7H5.3BrH.W/c1-7-5-3-2-4-6-7;;;;/h2-6H;3*1H;/q;;;;+3/p-3. The monoisotopic (exact) mass is 510 g/mol. The summed E-state index contributed by atoms with van der Waals surface area (Å²) in [6, 6.07) is 10.1. The first-order valence-electron chi connectivity index (χ1n) is 2.83. The second-order valence-corrected chi connectivity index (χ2v) is 50.7.